The lowest BCUT2D eigenvalue weighted by Gasteiger charge is -2.14. The molecule has 1 aromatic carbocycles. The third kappa shape index (κ3) is 3.10. The molecule has 0 bridgehead atoms. The van der Waals surface area contributed by atoms with Gasteiger partial charge in [0.25, 0.3) is 0 Å². The van der Waals surface area contributed by atoms with Crippen LogP contribution in [0.4, 0.5) is 13.2 Å². The molecule has 0 heterocycles. The van der Waals surface area contributed by atoms with E-state index in [2.05, 4.69) is 4.74 Å². The highest BCUT2D eigenvalue weighted by Crippen LogP contribution is 2.35. The minimum Gasteiger partial charge on any atom is -0.469 e. The van der Waals surface area contributed by atoms with Gasteiger partial charge in [0.2, 0.25) is 0 Å². The largest absolute Gasteiger partial charge is 0.469 e. The Bertz CT molecular complexity index is 559. The van der Waals surface area contributed by atoms with Gasteiger partial charge in [-0.05, 0) is 11.6 Å². The third-order valence-corrected chi connectivity index (χ3v) is 2.42. The van der Waals surface area contributed by atoms with E-state index in [0.29, 0.717) is 0 Å². The molecule has 0 unspecified atom stereocenters. The van der Waals surface area contributed by atoms with Crippen LogP contribution >= 0.6 is 0 Å². The van der Waals surface area contributed by atoms with Crippen molar-refractivity contribution in [2.75, 3.05) is 7.11 Å². The Balaban J connectivity index is 3.50. The number of nitrogens with zero attached hydrogens (tertiary/aromatic N) is 1. The SMILES string of the molecule is COC(=O)Cc1ccc(C#N)c(C(F)(F)F)c1C=O. The Morgan fingerprint density at radius 3 is 2.53 bits per heavy atom. The number of methoxy groups -OCH3 is 1. The van der Waals surface area contributed by atoms with Crippen LogP contribution < -0.4 is 0 Å². The predicted molar refractivity (Wildman–Crippen MR) is 57.3 cm³/mol. The van der Waals surface area contributed by atoms with Crippen molar-refractivity contribution in [2.45, 2.75) is 12.6 Å². The summed E-state index contributed by atoms with van der Waals surface area (Å²) in [4.78, 5) is 22.0. The molecule has 0 saturated carbocycles. The van der Waals surface area contributed by atoms with Crippen molar-refractivity contribution in [3.05, 3.63) is 34.4 Å². The summed E-state index contributed by atoms with van der Waals surface area (Å²) in [7, 11) is 1.08. The number of alkyl halides is 3. The summed E-state index contributed by atoms with van der Waals surface area (Å²) in [5, 5.41) is 8.66. The summed E-state index contributed by atoms with van der Waals surface area (Å²) in [5.74, 6) is -0.777. The molecule has 1 aromatic rings. The van der Waals surface area contributed by atoms with Gasteiger partial charge in [0.15, 0.2) is 6.29 Å². The molecule has 19 heavy (non-hydrogen) atoms. The van der Waals surface area contributed by atoms with E-state index >= 15 is 0 Å². The Morgan fingerprint density at radius 1 is 1.47 bits per heavy atom. The molecule has 0 radical (unpaired) electrons. The van der Waals surface area contributed by atoms with Crippen molar-refractivity contribution in [1.82, 2.24) is 0 Å². The number of carbonyl (C=O) groups is 2. The number of benzene rings is 1. The molecule has 1 rings (SSSR count). The molecule has 0 fully saturated rings. The predicted octanol–water partition coefficient (Wildman–Crippen LogP) is 2.11. The normalized spacial score (nSPS) is 10.7. The van der Waals surface area contributed by atoms with E-state index in [9.17, 15) is 22.8 Å². The van der Waals surface area contributed by atoms with Gasteiger partial charge in [-0.2, -0.15) is 18.4 Å². The summed E-state index contributed by atoms with van der Waals surface area (Å²) >= 11 is 0. The maximum absolute atomic E-state index is 12.9. The van der Waals surface area contributed by atoms with Crippen LogP contribution in [0.5, 0.6) is 0 Å². The highest BCUT2D eigenvalue weighted by atomic mass is 19.4. The first-order chi connectivity index (χ1) is 8.85. The summed E-state index contributed by atoms with van der Waals surface area (Å²) < 4.78 is 42.9. The molecular weight excluding hydrogens is 263 g/mol. The lowest BCUT2D eigenvalue weighted by molar-refractivity contribution is -0.140. The number of hydrogen-bond donors (Lipinski definition) is 0. The Morgan fingerprint density at radius 2 is 2.11 bits per heavy atom. The van der Waals surface area contributed by atoms with Crippen LogP contribution in [0.1, 0.15) is 27.0 Å². The molecular formula is C12H8F3NO3. The Labute approximate surface area is 106 Å². The average Bonchev–Trinajstić information content (AvgIpc) is 2.36. The van der Waals surface area contributed by atoms with Crippen LogP contribution in [-0.4, -0.2) is 19.4 Å². The number of rotatable bonds is 3. The minimum atomic E-state index is -4.85. The molecule has 0 N–H and O–H groups in total. The number of aldehydes is 1. The molecule has 0 atom stereocenters. The van der Waals surface area contributed by atoms with Crippen LogP contribution in [0.15, 0.2) is 12.1 Å². The fourth-order valence-corrected chi connectivity index (χ4v) is 1.58. The smallest absolute Gasteiger partial charge is 0.418 e. The van der Waals surface area contributed by atoms with Gasteiger partial charge in [0.1, 0.15) is 0 Å². The minimum absolute atomic E-state index is 0.0120. The molecule has 4 nitrogen and oxygen atoms in total. The summed E-state index contributed by atoms with van der Waals surface area (Å²) in [5.41, 5.74) is -2.83. The van der Waals surface area contributed by atoms with Gasteiger partial charge in [0, 0.05) is 5.56 Å². The van der Waals surface area contributed by atoms with Gasteiger partial charge < -0.3 is 4.74 Å². The number of esters is 1. The second-order valence-electron chi connectivity index (χ2n) is 3.54. The lowest BCUT2D eigenvalue weighted by atomic mass is 9.95. The average molecular weight is 271 g/mol. The van der Waals surface area contributed by atoms with Gasteiger partial charge in [-0.3, -0.25) is 9.59 Å². The third-order valence-electron chi connectivity index (χ3n) is 2.42. The van der Waals surface area contributed by atoms with Crippen molar-refractivity contribution in [3.63, 3.8) is 0 Å². The van der Waals surface area contributed by atoms with E-state index in [1.165, 1.54) is 6.07 Å². The van der Waals surface area contributed by atoms with E-state index in [1.54, 1.807) is 0 Å². The quantitative estimate of drug-likeness (QED) is 0.623. The highest BCUT2D eigenvalue weighted by molar-refractivity contribution is 5.85. The molecule has 0 aromatic heterocycles. The maximum atomic E-state index is 12.9. The lowest BCUT2D eigenvalue weighted by Crippen LogP contribution is -2.15. The van der Waals surface area contributed by atoms with Crippen LogP contribution in [0.3, 0.4) is 0 Å². The number of carbonyl (C=O) groups excluding carboxylic acids is 2. The van der Waals surface area contributed by atoms with Gasteiger partial charge >= 0.3 is 12.1 Å². The van der Waals surface area contributed by atoms with Crippen molar-refractivity contribution < 1.29 is 27.5 Å². The van der Waals surface area contributed by atoms with Gasteiger partial charge in [0.05, 0.1) is 30.7 Å². The van der Waals surface area contributed by atoms with Crippen LogP contribution in [0, 0.1) is 11.3 Å². The van der Waals surface area contributed by atoms with E-state index in [0.717, 1.165) is 19.2 Å². The zero-order valence-corrected chi connectivity index (χ0v) is 9.75. The summed E-state index contributed by atoms with van der Waals surface area (Å²) in [6.45, 7) is 0. The standard InChI is InChI=1S/C12H8F3NO3/c1-19-10(18)4-7-2-3-8(5-16)11(9(7)6-17)12(13,14)15/h2-3,6H,4H2,1H3. The molecule has 7 heteroatoms. The van der Waals surface area contributed by atoms with E-state index in [-0.39, 0.29) is 11.8 Å². The van der Waals surface area contributed by atoms with Gasteiger partial charge in [-0.1, -0.05) is 6.07 Å². The van der Waals surface area contributed by atoms with Crippen LogP contribution in [0.2, 0.25) is 0 Å². The first-order valence-electron chi connectivity index (χ1n) is 5.00. The first kappa shape index (κ1) is 14.7. The second-order valence-corrected chi connectivity index (χ2v) is 3.54. The summed E-state index contributed by atoms with van der Waals surface area (Å²) in [6.07, 6.45) is -5.34. The zero-order chi connectivity index (χ0) is 14.6. The molecule has 0 aliphatic heterocycles. The molecule has 0 aliphatic rings. The zero-order valence-electron chi connectivity index (χ0n) is 9.75. The fraction of sp³-hybridized carbons (Fsp3) is 0.250. The van der Waals surface area contributed by atoms with Crippen LogP contribution in [-0.2, 0) is 22.1 Å². The van der Waals surface area contributed by atoms with E-state index in [1.807, 2.05) is 0 Å². The van der Waals surface area contributed by atoms with Gasteiger partial charge in [-0.15, -0.1) is 0 Å². The molecule has 100 valence electrons. The Hall–Kier alpha value is -2.36. The van der Waals surface area contributed by atoms with Crippen molar-refractivity contribution in [2.24, 2.45) is 0 Å². The molecule has 0 spiro atoms. The van der Waals surface area contributed by atoms with Crippen molar-refractivity contribution in [1.29, 1.82) is 5.26 Å². The van der Waals surface area contributed by atoms with Crippen LogP contribution in [0.25, 0.3) is 0 Å². The number of ether oxygens (including phenoxy) is 1. The first-order valence-corrected chi connectivity index (χ1v) is 5.00. The van der Waals surface area contributed by atoms with E-state index < -0.39 is 35.3 Å². The number of hydrogen-bond acceptors (Lipinski definition) is 4. The topological polar surface area (TPSA) is 67.2 Å². The monoisotopic (exact) mass is 271 g/mol. The van der Waals surface area contributed by atoms with Crippen molar-refractivity contribution >= 4 is 12.3 Å². The molecule has 0 amide bonds. The van der Waals surface area contributed by atoms with E-state index in [4.69, 9.17) is 5.26 Å². The Kier molecular flexibility index (Phi) is 4.27. The maximum Gasteiger partial charge on any atom is 0.418 e. The van der Waals surface area contributed by atoms with Gasteiger partial charge in [-0.25, -0.2) is 0 Å². The second kappa shape index (κ2) is 5.52. The number of halogens is 3. The molecule has 0 aliphatic carbocycles. The number of nitriles is 1. The fourth-order valence-electron chi connectivity index (χ4n) is 1.58. The highest BCUT2D eigenvalue weighted by Gasteiger charge is 2.37. The summed E-state index contributed by atoms with van der Waals surface area (Å²) in [6, 6.07) is 3.43. The molecule has 0 saturated heterocycles. The van der Waals surface area contributed by atoms with Crippen molar-refractivity contribution in [3.8, 4) is 6.07 Å².